The Kier molecular flexibility index (Phi) is 8.41. The normalized spacial score (nSPS) is 18.6. The van der Waals surface area contributed by atoms with E-state index in [9.17, 15) is 22.8 Å². The largest absolute Gasteiger partial charge is 0.452 e. The molecule has 0 aromatic heterocycles. The maximum Gasteiger partial charge on any atom is 0.338 e. The lowest BCUT2D eigenvalue weighted by Crippen LogP contribution is -2.42. The maximum absolute atomic E-state index is 13.1. The molecule has 0 saturated carbocycles. The van der Waals surface area contributed by atoms with Crippen LogP contribution >= 0.6 is 0 Å². The van der Waals surface area contributed by atoms with Gasteiger partial charge < -0.3 is 10.1 Å². The highest BCUT2D eigenvalue weighted by molar-refractivity contribution is 7.89. The SMILES string of the molecule is CC1CC(C)CN(S(=O)(=O)c2cccc(C(=O)OCC(=O)NC(=O)NCc3ccccc3)c2)C1. The number of hydrogen-bond donors (Lipinski definition) is 2. The third-order valence-corrected chi connectivity index (χ3v) is 7.25. The van der Waals surface area contributed by atoms with Gasteiger partial charge in [-0.15, -0.1) is 0 Å². The van der Waals surface area contributed by atoms with Crippen molar-refractivity contribution in [3.05, 3.63) is 65.7 Å². The fourth-order valence-electron chi connectivity index (χ4n) is 3.93. The number of nitrogens with zero attached hydrogens (tertiary/aromatic N) is 1. The molecule has 182 valence electrons. The molecule has 0 bridgehead atoms. The van der Waals surface area contributed by atoms with Crippen molar-refractivity contribution in [1.29, 1.82) is 0 Å². The zero-order valence-corrected chi connectivity index (χ0v) is 20.0. The van der Waals surface area contributed by atoms with E-state index in [0.29, 0.717) is 13.1 Å². The van der Waals surface area contributed by atoms with E-state index in [0.717, 1.165) is 12.0 Å². The molecule has 2 N–H and O–H groups in total. The highest BCUT2D eigenvalue weighted by Crippen LogP contribution is 2.27. The van der Waals surface area contributed by atoms with E-state index in [-0.39, 0.29) is 28.8 Å². The van der Waals surface area contributed by atoms with Crippen molar-refractivity contribution in [3.63, 3.8) is 0 Å². The lowest BCUT2D eigenvalue weighted by molar-refractivity contribution is -0.123. The van der Waals surface area contributed by atoms with Gasteiger partial charge in [0.25, 0.3) is 5.91 Å². The summed E-state index contributed by atoms with van der Waals surface area (Å²) in [5.41, 5.74) is 0.861. The third-order valence-electron chi connectivity index (χ3n) is 5.43. The molecule has 3 amide bonds. The van der Waals surface area contributed by atoms with Crippen molar-refractivity contribution in [2.45, 2.75) is 31.7 Å². The van der Waals surface area contributed by atoms with E-state index in [4.69, 9.17) is 4.74 Å². The second kappa shape index (κ2) is 11.3. The van der Waals surface area contributed by atoms with Crippen LogP contribution < -0.4 is 10.6 Å². The molecule has 1 aliphatic heterocycles. The second-order valence-electron chi connectivity index (χ2n) is 8.59. The van der Waals surface area contributed by atoms with Crippen molar-refractivity contribution >= 4 is 27.9 Å². The van der Waals surface area contributed by atoms with Crippen LogP contribution in [0.25, 0.3) is 0 Å². The van der Waals surface area contributed by atoms with Gasteiger partial charge in [0.05, 0.1) is 10.5 Å². The molecule has 0 radical (unpaired) electrons. The van der Waals surface area contributed by atoms with Gasteiger partial charge in [-0.25, -0.2) is 18.0 Å². The van der Waals surface area contributed by atoms with Gasteiger partial charge in [-0.05, 0) is 42.0 Å². The van der Waals surface area contributed by atoms with Crippen molar-refractivity contribution in [2.75, 3.05) is 19.7 Å². The summed E-state index contributed by atoms with van der Waals surface area (Å²) in [5, 5.41) is 4.60. The van der Waals surface area contributed by atoms with Gasteiger partial charge in [0.2, 0.25) is 10.0 Å². The van der Waals surface area contributed by atoms with Gasteiger partial charge >= 0.3 is 12.0 Å². The molecule has 2 aromatic rings. The van der Waals surface area contributed by atoms with Crippen molar-refractivity contribution in [3.8, 4) is 0 Å². The van der Waals surface area contributed by atoms with Crippen LogP contribution in [0.2, 0.25) is 0 Å². The minimum absolute atomic E-state index is 0.000473. The Labute approximate surface area is 199 Å². The number of carbonyl (C=O) groups excluding carboxylic acids is 3. The number of sulfonamides is 1. The van der Waals surface area contributed by atoms with Crippen LogP contribution in [0.15, 0.2) is 59.5 Å². The van der Waals surface area contributed by atoms with Crippen LogP contribution in [0.4, 0.5) is 4.79 Å². The average Bonchev–Trinajstić information content (AvgIpc) is 2.81. The van der Waals surface area contributed by atoms with E-state index in [2.05, 4.69) is 10.6 Å². The number of hydrogen-bond acceptors (Lipinski definition) is 6. The van der Waals surface area contributed by atoms with Crippen LogP contribution in [0.3, 0.4) is 0 Å². The standard InChI is InChI=1S/C24H29N3O6S/c1-17-11-18(2)15-27(14-17)34(31,32)21-10-6-9-20(12-21)23(29)33-16-22(28)26-24(30)25-13-19-7-4-3-5-8-19/h3-10,12,17-18H,11,13-16H2,1-2H3,(H2,25,26,28,30). The third kappa shape index (κ3) is 6.88. The van der Waals surface area contributed by atoms with Crippen LogP contribution in [-0.2, 0) is 26.1 Å². The zero-order valence-electron chi connectivity index (χ0n) is 19.2. The predicted molar refractivity (Wildman–Crippen MR) is 125 cm³/mol. The lowest BCUT2D eigenvalue weighted by Gasteiger charge is -2.34. The van der Waals surface area contributed by atoms with Gasteiger partial charge in [0, 0.05) is 19.6 Å². The monoisotopic (exact) mass is 487 g/mol. The summed E-state index contributed by atoms with van der Waals surface area (Å²) in [4.78, 5) is 36.2. The minimum atomic E-state index is -3.77. The predicted octanol–water partition coefficient (Wildman–Crippen LogP) is 2.54. The van der Waals surface area contributed by atoms with Gasteiger partial charge in [0.15, 0.2) is 6.61 Å². The van der Waals surface area contributed by atoms with E-state index < -0.39 is 34.5 Å². The van der Waals surface area contributed by atoms with E-state index in [1.165, 1.54) is 28.6 Å². The molecule has 1 saturated heterocycles. The fourth-order valence-corrected chi connectivity index (χ4v) is 5.66. The number of rotatable bonds is 7. The van der Waals surface area contributed by atoms with E-state index >= 15 is 0 Å². The molecule has 3 rings (SSSR count). The van der Waals surface area contributed by atoms with Crippen molar-refractivity contribution in [1.82, 2.24) is 14.9 Å². The molecule has 2 aromatic carbocycles. The molecule has 10 heteroatoms. The Morgan fingerprint density at radius 3 is 2.35 bits per heavy atom. The number of piperidine rings is 1. The summed E-state index contributed by atoms with van der Waals surface area (Å²) in [6, 6.07) is 14.0. The molecule has 34 heavy (non-hydrogen) atoms. The molecule has 2 unspecified atom stereocenters. The number of carbonyl (C=O) groups is 3. The Morgan fingerprint density at radius 2 is 1.68 bits per heavy atom. The highest BCUT2D eigenvalue weighted by atomic mass is 32.2. The topological polar surface area (TPSA) is 122 Å². The molecule has 9 nitrogen and oxygen atoms in total. The molecule has 0 spiro atoms. The first kappa shape index (κ1) is 25.4. The van der Waals surface area contributed by atoms with Crippen LogP contribution in [0, 0.1) is 11.8 Å². The number of esters is 1. The maximum atomic E-state index is 13.1. The molecular weight excluding hydrogens is 458 g/mol. The second-order valence-corrected chi connectivity index (χ2v) is 10.5. The lowest BCUT2D eigenvalue weighted by atomic mass is 9.94. The quantitative estimate of drug-likeness (QED) is 0.579. The Bertz CT molecular complexity index is 1130. The first-order valence-electron chi connectivity index (χ1n) is 11.0. The number of nitrogens with one attached hydrogen (secondary N) is 2. The minimum Gasteiger partial charge on any atom is -0.452 e. The van der Waals surface area contributed by atoms with Gasteiger partial charge in [-0.1, -0.05) is 50.2 Å². The summed E-state index contributed by atoms with van der Waals surface area (Å²) < 4.78 is 32.5. The number of urea groups is 1. The number of imide groups is 1. The summed E-state index contributed by atoms with van der Waals surface area (Å²) in [7, 11) is -3.77. The Morgan fingerprint density at radius 1 is 1.00 bits per heavy atom. The first-order valence-corrected chi connectivity index (χ1v) is 12.5. The number of benzene rings is 2. The van der Waals surface area contributed by atoms with E-state index in [1.54, 1.807) is 0 Å². The number of ether oxygens (including phenoxy) is 1. The molecule has 1 heterocycles. The molecule has 0 aliphatic carbocycles. The zero-order chi connectivity index (χ0) is 24.7. The van der Waals surface area contributed by atoms with E-state index in [1.807, 2.05) is 44.2 Å². The molecule has 2 atom stereocenters. The first-order chi connectivity index (χ1) is 16.1. The van der Waals surface area contributed by atoms with Gasteiger partial charge in [-0.3, -0.25) is 10.1 Å². The van der Waals surface area contributed by atoms with Crippen LogP contribution in [0.5, 0.6) is 0 Å². The Balaban J connectivity index is 1.53. The average molecular weight is 488 g/mol. The summed E-state index contributed by atoms with van der Waals surface area (Å²) in [5.74, 6) is -1.18. The smallest absolute Gasteiger partial charge is 0.338 e. The van der Waals surface area contributed by atoms with Gasteiger partial charge in [-0.2, -0.15) is 4.31 Å². The van der Waals surface area contributed by atoms with Crippen molar-refractivity contribution in [2.24, 2.45) is 11.8 Å². The van der Waals surface area contributed by atoms with Crippen molar-refractivity contribution < 1.29 is 27.5 Å². The van der Waals surface area contributed by atoms with Gasteiger partial charge in [0.1, 0.15) is 0 Å². The molecule has 1 aliphatic rings. The molecular formula is C24H29N3O6S. The fraction of sp³-hybridized carbons (Fsp3) is 0.375. The Hall–Kier alpha value is -3.24. The summed E-state index contributed by atoms with van der Waals surface area (Å²) >= 11 is 0. The highest BCUT2D eigenvalue weighted by Gasteiger charge is 2.32. The molecule has 1 fully saturated rings. The number of amides is 3. The van der Waals surface area contributed by atoms with Crippen LogP contribution in [0.1, 0.15) is 36.2 Å². The van der Waals surface area contributed by atoms with Crippen LogP contribution in [-0.4, -0.2) is 50.3 Å². The summed E-state index contributed by atoms with van der Waals surface area (Å²) in [6.45, 7) is 4.42. The summed E-state index contributed by atoms with van der Waals surface area (Å²) in [6.07, 6.45) is 0.963.